The summed E-state index contributed by atoms with van der Waals surface area (Å²) in [5.74, 6) is 3.90. The van der Waals surface area contributed by atoms with Crippen molar-refractivity contribution in [1.82, 2.24) is 5.32 Å². The third-order valence-electron chi connectivity index (χ3n) is 3.82. The first-order valence-corrected chi connectivity index (χ1v) is 8.10. The number of nitrogens with one attached hydrogen (secondary N) is 2. The van der Waals surface area contributed by atoms with Gasteiger partial charge in [-0.2, -0.15) is 0 Å². The van der Waals surface area contributed by atoms with E-state index in [1.807, 2.05) is 0 Å². The number of hydrogen-bond donors (Lipinski definition) is 4. The van der Waals surface area contributed by atoms with Gasteiger partial charge in [0.05, 0.1) is 0 Å². The number of benzene rings is 2. The van der Waals surface area contributed by atoms with E-state index >= 15 is 0 Å². The summed E-state index contributed by atoms with van der Waals surface area (Å²) in [6.07, 6.45) is -1.19. The first-order chi connectivity index (χ1) is 13.0. The topological polar surface area (TPSA) is 108 Å². The van der Waals surface area contributed by atoms with Gasteiger partial charge in [0.1, 0.15) is 18.3 Å². The Morgan fingerprint density at radius 1 is 1.33 bits per heavy atom. The van der Waals surface area contributed by atoms with Crippen LogP contribution < -0.4 is 11.1 Å². The molecule has 0 spiro atoms. The SMILES string of the molecule is CO[C@H](C(=O)NCc1ccc(C(=N)N)cc1)c1c(F)cccc1C#CCO. The highest BCUT2D eigenvalue weighted by Gasteiger charge is 2.25. The molecule has 6 nitrogen and oxygen atoms in total. The van der Waals surface area contributed by atoms with Gasteiger partial charge in [-0.05, 0) is 17.7 Å². The van der Waals surface area contributed by atoms with Gasteiger partial charge in [0, 0.05) is 30.3 Å². The van der Waals surface area contributed by atoms with E-state index in [1.54, 1.807) is 30.3 Å². The number of rotatable bonds is 6. The minimum Gasteiger partial charge on any atom is -0.384 e. The van der Waals surface area contributed by atoms with Crippen LogP contribution in [-0.4, -0.2) is 30.6 Å². The Morgan fingerprint density at radius 2 is 2.04 bits per heavy atom. The van der Waals surface area contributed by atoms with Crippen molar-refractivity contribution in [1.29, 1.82) is 5.41 Å². The second-order valence-electron chi connectivity index (χ2n) is 5.61. The second kappa shape index (κ2) is 9.48. The number of amides is 1. The van der Waals surface area contributed by atoms with Gasteiger partial charge in [0.25, 0.3) is 5.91 Å². The van der Waals surface area contributed by atoms with E-state index in [1.165, 1.54) is 19.2 Å². The van der Waals surface area contributed by atoms with Gasteiger partial charge in [-0.15, -0.1) is 0 Å². The van der Waals surface area contributed by atoms with E-state index in [4.69, 9.17) is 21.0 Å². The van der Waals surface area contributed by atoms with Crippen molar-refractivity contribution in [2.45, 2.75) is 12.6 Å². The number of aliphatic hydroxyl groups excluding tert-OH is 1. The molecule has 0 saturated heterocycles. The largest absolute Gasteiger partial charge is 0.384 e. The third-order valence-corrected chi connectivity index (χ3v) is 3.82. The molecule has 5 N–H and O–H groups in total. The zero-order valence-corrected chi connectivity index (χ0v) is 14.8. The van der Waals surface area contributed by atoms with Gasteiger partial charge in [-0.1, -0.05) is 42.2 Å². The molecule has 0 aliphatic carbocycles. The van der Waals surface area contributed by atoms with Crippen LogP contribution in [0.15, 0.2) is 42.5 Å². The Kier molecular flexibility index (Phi) is 7.06. The van der Waals surface area contributed by atoms with Crippen LogP contribution in [0, 0.1) is 23.1 Å². The van der Waals surface area contributed by atoms with Crippen molar-refractivity contribution in [2.24, 2.45) is 5.73 Å². The lowest BCUT2D eigenvalue weighted by Gasteiger charge is -2.18. The van der Waals surface area contributed by atoms with E-state index in [9.17, 15) is 9.18 Å². The highest BCUT2D eigenvalue weighted by Crippen LogP contribution is 2.24. The van der Waals surface area contributed by atoms with E-state index in [2.05, 4.69) is 17.2 Å². The maximum absolute atomic E-state index is 14.3. The van der Waals surface area contributed by atoms with E-state index < -0.39 is 17.8 Å². The molecule has 27 heavy (non-hydrogen) atoms. The highest BCUT2D eigenvalue weighted by molar-refractivity contribution is 5.94. The number of methoxy groups -OCH3 is 1. The van der Waals surface area contributed by atoms with E-state index in [0.717, 1.165) is 5.56 Å². The van der Waals surface area contributed by atoms with Crippen LogP contribution in [0.25, 0.3) is 0 Å². The fourth-order valence-electron chi connectivity index (χ4n) is 2.49. The molecule has 7 heteroatoms. The number of aliphatic hydroxyl groups is 1. The fraction of sp³-hybridized carbons (Fsp3) is 0.200. The van der Waals surface area contributed by atoms with Gasteiger partial charge in [-0.3, -0.25) is 10.2 Å². The van der Waals surface area contributed by atoms with Gasteiger partial charge in [0.15, 0.2) is 6.10 Å². The third kappa shape index (κ3) is 5.14. The minimum absolute atomic E-state index is 0.0189. The summed E-state index contributed by atoms with van der Waals surface area (Å²) >= 11 is 0. The van der Waals surface area contributed by atoms with Crippen LogP contribution in [0.1, 0.15) is 28.4 Å². The maximum atomic E-state index is 14.3. The first kappa shape index (κ1) is 20.1. The van der Waals surface area contributed by atoms with Crippen LogP contribution in [-0.2, 0) is 16.1 Å². The Bertz CT molecular complexity index is 886. The molecule has 140 valence electrons. The van der Waals surface area contributed by atoms with Crippen LogP contribution in [0.5, 0.6) is 0 Å². The van der Waals surface area contributed by atoms with Crippen molar-refractivity contribution in [2.75, 3.05) is 13.7 Å². The predicted molar refractivity (Wildman–Crippen MR) is 99.4 cm³/mol. The number of carbonyl (C=O) groups excluding carboxylic acids is 1. The Hall–Kier alpha value is -3.21. The Labute approximate surface area is 156 Å². The molecule has 0 radical (unpaired) electrons. The predicted octanol–water partition coefficient (Wildman–Crippen LogP) is 1.46. The number of hydrogen-bond acceptors (Lipinski definition) is 4. The number of nitrogen functional groups attached to an aromatic ring is 1. The van der Waals surface area contributed by atoms with Gasteiger partial charge in [0.2, 0.25) is 0 Å². The van der Waals surface area contributed by atoms with Crippen molar-refractivity contribution >= 4 is 11.7 Å². The number of halogens is 1. The molecule has 2 aromatic carbocycles. The molecule has 0 heterocycles. The summed E-state index contributed by atoms with van der Waals surface area (Å²) in [6, 6.07) is 11.1. The lowest BCUT2D eigenvalue weighted by Crippen LogP contribution is -2.31. The summed E-state index contributed by atoms with van der Waals surface area (Å²) in [4.78, 5) is 12.5. The molecule has 0 aromatic heterocycles. The molecule has 0 saturated carbocycles. The minimum atomic E-state index is -1.19. The fourth-order valence-corrected chi connectivity index (χ4v) is 2.49. The van der Waals surface area contributed by atoms with Crippen molar-refractivity contribution in [3.8, 4) is 11.8 Å². The van der Waals surface area contributed by atoms with Crippen LogP contribution in [0.4, 0.5) is 4.39 Å². The molecule has 1 atom stereocenters. The highest BCUT2D eigenvalue weighted by atomic mass is 19.1. The van der Waals surface area contributed by atoms with Gasteiger partial charge in [-0.25, -0.2) is 4.39 Å². The second-order valence-corrected chi connectivity index (χ2v) is 5.61. The molecule has 2 aromatic rings. The summed E-state index contributed by atoms with van der Waals surface area (Å²) < 4.78 is 19.5. The monoisotopic (exact) mass is 369 g/mol. The van der Waals surface area contributed by atoms with E-state index in [-0.39, 0.29) is 30.1 Å². The average Bonchev–Trinajstić information content (AvgIpc) is 2.67. The van der Waals surface area contributed by atoms with Gasteiger partial charge < -0.3 is 20.9 Å². The normalized spacial score (nSPS) is 11.2. The van der Waals surface area contributed by atoms with Crippen LogP contribution in [0.2, 0.25) is 0 Å². The smallest absolute Gasteiger partial charge is 0.254 e. The molecular weight excluding hydrogens is 349 g/mol. The lowest BCUT2D eigenvalue weighted by atomic mass is 10.0. The molecule has 0 bridgehead atoms. The number of carbonyl (C=O) groups is 1. The lowest BCUT2D eigenvalue weighted by molar-refractivity contribution is -0.131. The standard InChI is InChI=1S/C20H20FN3O3/c1-27-18(17-14(5-3-11-25)4-2-6-16(17)21)20(26)24-12-13-7-9-15(10-8-13)19(22)23/h2,4,6-10,18,25H,11-12H2,1H3,(H3,22,23)(H,24,26)/t18-/m0/s1. The van der Waals surface area contributed by atoms with Crippen LogP contribution >= 0.6 is 0 Å². The zero-order chi connectivity index (χ0) is 19.8. The first-order valence-electron chi connectivity index (χ1n) is 8.10. The van der Waals surface area contributed by atoms with Crippen molar-refractivity contribution < 1.29 is 19.0 Å². The molecule has 1 amide bonds. The summed E-state index contributed by atoms with van der Waals surface area (Å²) in [7, 11) is 1.31. The molecule has 0 aliphatic rings. The summed E-state index contributed by atoms with van der Waals surface area (Å²) in [5, 5.41) is 18.9. The van der Waals surface area contributed by atoms with Crippen molar-refractivity contribution in [3.05, 3.63) is 70.5 Å². The Balaban J connectivity index is 2.18. The number of amidine groups is 1. The number of nitrogens with two attached hydrogens (primary N) is 1. The molecular formula is C20H20FN3O3. The maximum Gasteiger partial charge on any atom is 0.254 e. The molecule has 0 fully saturated rings. The average molecular weight is 369 g/mol. The Morgan fingerprint density at radius 3 is 2.63 bits per heavy atom. The van der Waals surface area contributed by atoms with E-state index in [0.29, 0.717) is 5.56 Å². The number of ether oxygens (including phenoxy) is 1. The summed E-state index contributed by atoms with van der Waals surface area (Å²) in [6.45, 7) is -0.182. The van der Waals surface area contributed by atoms with Gasteiger partial charge >= 0.3 is 0 Å². The molecule has 0 unspecified atom stereocenters. The molecule has 0 aliphatic heterocycles. The molecule has 2 rings (SSSR count). The summed E-state index contributed by atoms with van der Waals surface area (Å²) in [5.41, 5.74) is 7.07. The van der Waals surface area contributed by atoms with Crippen molar-refractivity contribution in [3.63, 3.8) is 0 Å². The zero-order valence-electron chi connectivity index (χ0n) is 14.8. The van der Waals surface area contributed by atoms with Crippen LogP contribution in [0.3, 0.4) is 0 Å². The quantitative estimate of drug-likeness (QED) is 0.351.